The van der Waals surface area contributed by atoms with Crippen LogP contribution in [-0.4, -0.2) is 29.8 Å². The molecule has 0 aliphatic carbocycles. The summed E-state index contributed by atoms with van der Waals surface area (Å²) >= 11 is 1.33. The average molecular weight is 441 g/mol. The molecule has 31 heavy (non-hydrogen) atoms. The molecule has 0 unspecified atom stereocenters. The predicted octanol–water partition coefficient (Wildman–Crippen LogP) is 3.79. The standard InChI is InChI=1S/C23H24N2O5S/c1-4-28-22(27)12-25-17-10-18-19(30-13-29-18)11-20(17)31-23(25)24-21(26)9-15-5-7-16(8-6-15)14(2)3/h5-8,10-11,14H,4,9,12-13H2,1-3H3. The van der Waals surface area contributed by atoms with E-state index in [0.29, 0.717) is 22.2 Å². The van der Waals surface area contributed by atoms with Crippen LogP contribution in [0.3, 0.4) is 0 Å². The van der Waals surface area contributed by atoms with Crippen molar-refractivity contribution in [2.24, 2.45) is 4.99 Å². The van der Waals surface area contributed by atoms with Gasteiger partial charge < -0.3 is 18.8 Å². The Labute approximate surface area is 183 Å². The molecule has 0 atom stereocenters. The molecule has 1 aromatic heterocycles. The van der Waals surface area contributed by atoms with Crippen molar-refractivity contribution in [2.45, 2.75) is 39.7 Å². The summed E-state index contributed by atoms with van der Waals surface area (Å²) in [4.78, 5) is 29.6. The number of amides is 1. The van der Waals surface area contributed by atoms with Gasteiger partial charge in [0.05, 0.1) is 23.2 Å². The summed E-state index contributed by atoms with van der Waals surface area (Å²) in [5, 5.41) is 0. The molecular weight excluding hydrogens is 416 g/mol. The van der Waals surface area contributed by atoms with Crippen molar-refractivity contribution < 1.29 is 23.8 Å². The summed E-state index contributed by atoms with van der Waals surface area (Å²) in [6, 6.07) is 11.6. The number of esters is 1. The van der Waals surface area contributed by atoms with Gasteiger partial charge in [-0.3, -0.25) is 9.59 Å². The third kappa shape index (κ3) is 4.64. The second kappa shape index (κ2) is 8.93. The van der Waals surface area contributed by atoms with Crippen LogP contribution in [0.15, 0.2) is 41.4 Å². The third-order valence-electron chi connectivity index (χ3n) is 4.99. The van der Waals surface area contributed by atoms with Gasteiger partial charge in [0, 0.05) is 12.1 Å². The van der Waals surface area contributed by atoms with Gasteiger partial charge in [0.25, 0.3) is 5.91 Å². The highest BCUT2D eigenvalue weighted by Gasteiger charge is 2.19. The largest absolute Gasteiger partial charge is 0.465 e. The summed E-state index contributed by atoms with van der Waals surface area (Å²) in [6.07, 6.45) is 0.189. The highest BCUT2D eigenvalue weighted by Crippen LogP contribution is 2.37. The van der Waals surface area contributed by atoms with Gasteiger partial charge in [0.1, 0.15) is 6.54 Å². The van der Waals surface area contributed by atoms with Crippen LogP contribution in [0.5, 0.6) is 11.5 Å². The average Bonchev–Trinajstić information content (AvgIpc) is 3.31. The van der Waals surface area contributed by atoms with E-state index in [-0.39, 0.29) is 32.3 Å². The van der Waals surface area contributed by atoms with Gasteiger partial charge in [0.2, 0.25) is 6.79 Å². The van der Waals surface area contributed by atoms with Crippen LogP contribution in [0.1, 0.15) is 37.8 Å². The number of hydrogen-bond donors (Lipinski definition) is 0. The molecule has 1 aliphatic heterocycles. The van der Waals surface area contributed by atoms with Crippen LogP contribution < -0.4 is 14.3 Å². The van der Waals surface area contributed by atoms with Crippen molar-refractivity contribution in [3.63, 3.8) is 0 Å². The number of carbonyl (C=O) groups is 2. The fourth-order valence-electron chi connectivity index (χ4n) is 3.37. The SMILES string of the molecule is CCOC(=O)Cn1c(=NC(=O)Cc2ccc(C(C)C)cc2)sc2cc3c(cc21)OCO3. The molecule has 0 fully saturated rings. The van der Waals surface area contributed by atoms with Gasteiger partial charge in [-0.25, -0.2) is 0 Å². The fourth-order valence-corrected chi connectivity index (χ4v) is 4.43. The number of nitrogens with zero attached hydrogens (tertiary/aromatic N) is 2. The van der Waals surface area contributed by atoms with Gasteiger partial charge in [-0.05, 0) is 24.0 Å². The summed E-state index contributed by atoms with van der Waals surface area (Å²) in [7, 11) is 0. The molecule has 162 valence electrons. The molecule has 0 saturated heterocycles. The van der Waals surface area contributed by atoms with Gasteiger partial charge in [-0.2, -0.15) is 4.99 Å². The molecule has 2 heterocycles. The maximum atomic E-state index is 12.7. The predicted molar refractivity (Wildman–Crippen MR) is 117 cm³/mol. The second-order valence-corrected chi connectivity index (χ2v) is 8.54. The van der Waals surface area contributed by atoms with Crippen LogP contribution in [0, 0.1) is 0 Å². The summed E-state index contributed by atoms with van der Waals surface area (Å²) in [6.45, 7) is 6.42. The van der Waals surface area contributed by atoms with Crippen molar-refractivity contribution in [1.29, 1.82) is 0 Å². The number of ether oxygens (including phenoxy) is 3. The molecule has 0 saturated carbocycles. The lowest BCUT2D eigenvalue weighted by molar-refractivity contribution is -0.143. The Morgan fingerprint density at radius 1 is 1.16 bits per heavy atom. The Morgan fingerprint density at radius 3 is 2.55 bits per heavy atom. The molecule has 0 radical (unpaired) electrons. The van der Waals surface area contributed by atoms with E-state index in [2.05, 4.69) is 18.8 Å². The lowest BCUT2D eigenvalue weighted by Crippen LogP contribution is -2.23. The van der Waals surface area contributed by atoms with Gasteiger partial charge in [-0.1, -0.05) is 49.4 Å². The normalized spacial score (nSPS) is 13.2. The fraction of sp³-hybridized carbons (Fsp3) is 0.348. The molecule has 0 N–H and O–H groups in total. The molecule has 3 aromatic rings. The van der Waals surface area contributed by atoms with E-state index in [1.54, 1.807) is 11.5 Å². The lowest BCUT2D eigenvalue weighted by atomic mass is 10.0. The van der Waals surface area contributed by atoms with E-state index < -0.39 is 5.97 Å². The Balaban J connectivity index is 1.68. The summed E-state index contributed by atoms with van der Waals surface area (Å²) < 4.78 is 18.6. The van der Waals surface area contributed by atoms with Crippen LogP contribution in [0.2, 0.25) is 0 Å². The van der Waals surface area contributed by atoms with Crippen molar-refractivity contribution >= 4 is 33.4 Å². The molecule has 4 rings (SSSR count). The topological polar surface area (TPSA) is 79.1 Å². The van der Waals surface area contributed by atoms with E-state index >= 15 is 0 Å². The van der Waals surface area contributed by atoms with E-state index in [9.17, 15) is 9.59 Å². The quantitative estimate of drug-likeness (QED) is 0.545. The smallest absolute Gasteiger partial charge is 0.326 e. The van der Waals surface area contributed by atoms with E-state index in [1.807, 2.05) is 36.4 Å². The Kier molecular flexibility index (Phi) is 6.08. The Hall–Kier alpha value is -3.13. The number of rotatable bonds is 6. The van der Waals surface area contributed by atoms with Crippen LogP contribution in [-0.2, 0) is 27.3 Å². The van der Waals surface area contributed by atoms with Gasteiger partial charge in [0.15, 0.2) is 16.3 Å². The maximum Gasteiger partial charge on any atom is 0.326 e. The number of carbonyl (C=O) groups excluding carboxylic acids is 2. The van der Waals surface area contributed by atoms with Gasteiger partial charge in [-0.15, -0.1) is 0 Å². The van der Waals surface area contributed by atoms with Crippen molar-refractivity contribution in [1.82, 2.24) is 4.57 Å². The minimum Gasteiger partial charge on any atom is -0.465 e. The molecule has 2 aromatic carbocycles. The monoisotopic (exact) mass is 440 g/mol. The van der Waals surface area contributed by atoms with Crippen LogP contribution in [0.4, 0.5) is 0 Å². The number of hydrogen-bond acceptors (Lipinski definition) is 6. The number of benzene rings is 2. The molecule has 0 spiro atoms. The molecule has 0 bridgehead atoms. The first-order valence-electron chi connectivity index (χ1n) is 10.2. The van der Waals surface area contributed by atoms with E-state index in [4.69, 9.17) is 14.2 Å². The summed E-state index contributed by atoms with van der Waals surface area (Å²) in [5.41, 5.74) is 2.87. The number of aromatic nitrogens is 1. The molecule has 7 nitrogen and oxygen atoms in total. The highest BCUT2D eigenvalue weighted by atomic mass is 32.1. The Bertz CT molecular complexity index is 1190. The van der Waals surface area contributed by atoms with Crippen molar-refractivity contribution in [2.75, 3.05) is 13.4 Å². The zero-order chi connectivity index (χ0) is 22.0. The highest BCUT2D eigenvalue weighted by molar-refractivity contribution is 7.16. The van der Waals surface area contributed by atoms with E-state index in [1.165, 1.54) is 16.9 Å². The van der Waals surface area contributed by atoms with Crippen molar-refractivity contribution in [3.05, 3.63) is 52.3 Å². The summed E-state index contributed by atoms with van der Waals surface area (Å²) in [5.74, 6) is 1.01. The lowest BCUT2D eigenvalue weighted by Gasteiger charge is -2.06. The van der Waals surface area contributed by atoms with E-state index in [0.717, 1.165) is 15.8 Å². The minimum absolute atomic E-state index is 0.0390. The zero-order valence-electron chi connectivity index (χ0n) is 17.7. The Morgan fingerprint density at radius 2 is 1.87 bits per heavy atom. The first kappa shape index (κ1) is 21.1. The maximum absolute atomic E-state index is 12.7. The molecule has 1 amide bonds. The van der Waals surface area contributed by atoms with Crippen LogP contribution >= 0.6 is 11.3 Å². The van der Waals surface area contributed by atoms with Crippen LogP contribution in [0.25, 0.3) is 10.2 Å². The number of fused-ring (bicyclic) bond motifs is 2. The molecular formula is C23H24N2O5S. The zero-order valence-corrected chi connectivity index (χ0v) is 18.5. The molecule has 1 aliphatic rings. The first-order chi connectivity index (χ1) is 14.9. The van der Waals surface area contributed by atoms with Gasteiger partial charge >= 0.3 is 5.97 Å². The minimum atomic E-state index is -0.391. The first-order valence-corrected chi connectivity index (χ1v) is 11.0. The van der Waals surface area contributed by atoms with Crippen molar-refractivity contribution in [3.8, 4) is 11.5 Å². The second-order valence-electron chi connectivity index (χ2n) is 7.53. The number of thiazole rings is 1. The third-order valence-corrected chi connectivity index (χ3v) is 6.03. The molecule has 8 heteroatoms.